The van der Waals surface area contributed by atoms with Crippen LogP contribution in [0.3, 0.4) is 0 Å². The first-order valence-electron chi connectivity index (χ1n) is 5.51. The molecular formula is C12H13N3O2. The summed E-state index contributed by atoms with van der Waals surface area (Å²) in [5.41, 5.74) is 0.877. The Hall–Kier alpha value is -2.04. The van der Waals surface area contributed by atoms with E-state index >= 15 is 0 Å². The highest BCUT2D eigenvalue weighted by Crippen LogP contribution is 2.05. The second-order valence-corrected chi connectivity index (χ2v) is 3.67. The first-order chi connectivity index (χ1) is 8.28. The van der Waals surface area contributed by atoms with Crippen LogP contribution in [0.2, 0.25) is 0 Å². The minimum atomic E-state index is 0.0954. The van der Waals surface area contributed by atoms with Gasteiger partial charge in [-0.2, -0.15) is 4.98 Å². The highest BCUT2D eigenvalue weighted by molar-refractivity contribution is 5.79. The number of hydrogen-bond acceptors (Lipinski definition) is 5. The van der Waals surface area contributed by atoms with Crippen LogP contribution in [0.1, 0.15) is 30.8 Å². The highest BCUT2D eigenvalue weighted by atomic mass is 16.5. The predicted molar refractivity (Wildman–Crippen MR) is 60.3 cm³/mol. The summed E-state index contributed by atoms with van der Waals surface area (Å²) < 4.78 is 5.00. The molecule has 0 saturated heterocycles. The van der Waals surface area contributed by atoms with E-state index < -0.39 is 0 Å². The molecule has 0 bridgehead atoms. The maximum absolute atomic E-state index is 11.2. The largest absolute Gasteiger partial charge is 0.339 e. The van der Waals surface area contributed by atoms with E-state index in [4.69, 9.17) is 4.52 Å². The first kappa shape index (κ1) is 11.4. The van der Waals surface area contributed by atoms with Crippen LogP contribution in [-0.2, 0) is 17.6 Å². The Bertz CT molecular complexity index is 493. The number of Topliss-reactive ketones (excluding diaryl/α,β-unsaturated/α-hetero) is 1. The molecule has 5 nitrogen and oxygen atoms in total. The SMILES string of the molecule is CCC(=O)Cc1nc(Cc2ccccn2)no1. The van der Waals surface area contributed by atoms with E-state index in [1.807, 2.05) is 25.1 Å². The van der Waals surface area contributed by atoms with E-state index in [2.05, 4.69) is 15.1 Å². The van der Waals surface area contributed by atoms with Gasteiger partial charge in [0.1, 0.15) is 5.78 Å². The molecule has 0 amide bonds. The average molecular weight is 231 g/mol. The molecule has 0 atom stereocenters. The van der Waals surface area contributed by atoms with Gasteiger partial charge in [0.25, 0.3) is 0 Å². The van der Waals surface area contributed by atoms with Crippen molar-refractivity contribution in [2.45, 2.75) is 26.2 Å². The number of ketones is 1. The monoisotopic (exact) mass is 231 g/mol. The predicted octanol–water partition coefficient (Wildman–Crippen LogP) is 1.58. The van der Waals surface area contributed by atoms with Crippen LogP contribution >= 0.6 is 0 Å². The third-order valence-corrected chi connectivity index (χ3v) is 2.32. The Kier molecular flexibility index (Phi) is 3.59. The second kappa shape index (κ2) is 5.34. The van der Waals surface area contributed by atoms with Crippen LogP contribution in [0.4, 0.5) is 0 Å². The van der Waals surface area contributed by atoms with E-state index in [-0.39, 0.29) is 12.2 Å². The number of carbonyl (C=O) groups is 1. The molecule has 0 radical (unpaired) electrons. The smallest absolute Gasteiger partial charge is 0.234 e. The Morgan fingerprint density at radius 1 is 1.41 bits per heavy atom. The number of rotatable bonds is 5. The van der Waals surface area contributed by atoms with Crippen molar-refractivity contribution < 1.29 is 9.32 Å². The molecule has 2 aromatic rings. The second-order valence-electron chi connectivity index (χ2n) is 3.67. The van der Waals surface area contributed by atoms with E-state index in [9.17, 15) is 4.79 Å². The maximum Gasteiger partial charge on any atom is 0.234 e. The van der Waals surface area contributed by atoms with Crippen LogP contribution in [-0.4, -0.2) is 20.9 Å². The molecule has 5 heteroatoms. The molecule has 2 rings (SSSR count). The molecule has 2 heterocycles. The van der Waals surface area contributed by atoms with E-state index in [1.54, 1.807) is 6.20 Å². The Morgan fingerprint density at radius 3 is 3.00 bits per heavy atom. The van der Waals surface area contributed by atoms with Gasteiger partial charge in [-0.05, 0) is 12.1 Å². The summed E-state index contributed by atoms with van der Waals surface area (Å²) in [7, 11) is 0. The number of pyridine rings is 1. The lowest BCUT2D eigenvalue weighted by Crippen LogP contribution is -2.01. The Labute approximate surface area is 98.9 Å². The lowest BCUT2D eigenvalue weighted by Gasteiger charge is -1.93. The highest BCUT2D eigenvalue weighted by Gasteiger charge is 2.10. The Morgan fingerprint density at radius 2 is 2.29 bits per heavy atom. The number of hydrogen-bond donors (Lipinski definition) is 0. The van der Waals surface area contributed by atoms with Crippen LogP contribution in [0.25, 0.3) is 0 Å². The molecule has 0 spiro atoms. The lowest BCUT2D eigenvalue weighted by atomic mass is 10.2. The van der Waals surface area contributed by atoms with Crippen LogP contribution in [0.15, 0.2) is 28.9 Å². The fraction of sp³-hybridized carbons (Fsp3) is 0.333. The molecule has 0 aliphatic heterocycles. The molecule has 2 aromatic heterocycles. The van der Waals surface area contributed by atoms with Crippen molar-refractivity contribution in [1.29, 1.82) is 0 Å². The average Bonchev–Trinajstić information content (AvgIpc) is 2.77. The van der Waals surface area contributed by atoms with Gasteiger partial charge in [-0.25, -0.2) is 0 Å². The minimum Gasteiger partial charge on any atom is -0.339 e. The van der Waals surface area contributed by atoms with Crippen LogP contribution in [0, 0.1) is 0 Å². The molecule has 0 fully saturated rings. The molecule has 0 N–H and O–H groups in total. The van der Waals surface area contributed by atoms with Gasteiger partial charge in [0.15, 0.2) is 5.82 Å². The summed E-state index contributed by atoms with van der Waals surface area (Å²) in [6.07, 6.45) is 2.94. The summed E-state index contributed by atoms with van der Waals surface area (Å²) in [6.45, 7) is 1.81. The molecule has 0 aromatic carbocycles. The maximum atomic E-state index is 11.2. The number of aromatic nitrogens is 3. The molecular weight excluding hydrogens is 218 g/mol. The minimum absolute atomic E-state index is 0.0954. The van der Waals surface area contributed by atoms with Gasteiger partial charge in [0.2, 0.25) is 5.89 Å². The normalized spacial score (nSPS) is 10.4. The zero-order valence-corrected chi connectivity index (χ0v) is 9.59. The van der Waals surface area contributed by atoms with Crippen LogP contribution < -0.4 is 0 Å². The summed E-state index contributed by atoms with van der Waals surface area (Å²) in [4.78, 5) is 19.5. The van der Waals surface area contributed by atoms with Crippen molar-refractivity contribution in [3.63, 3.8) is 0 Å². The van der Waals surface area contributed by atoms with E-state index in [0.29, 0.717) is 24.6 Å². The number of carbonyl (C=O) groups excluding carboxylic acids is 1. The number of nitrogens with zero attached hydrogens (tertiary/aromatic N) is 3. The van der Waals surface area contributed by atoms with E-state index in [0.717, 1.165) is 5.69 Å². The summed E-state index contributed by atoms with van der Waals surface area (Å²) in [6, 6.07) is 5.65. The van der Waals surface area contributed by atoms with Crippen molar-refractivity contribution in [2.75, 3.05) is 0 Å². The summed E-state index contributed by atoms with van der Waals surface area (Å²) in [5.74, 6) is 1.03. The first-order valence-corrected chi connectivity index (χ1v) is 5.51. The third kappa shape index (κ3) is 3.21. The molecule has 17 heavy (non-hydrogen) atoms. The van der Waals surface area contributed by atoms with Gasteiger partial charge in [-0.15, -0.1) is 0 Å². The van der Waals surface area contributed by atoms with Gasteiger partial charge >= 0.3 is 0 Å². The fourth-order valence-electron chi connectivity index (χ4n) is 1.39. The van der Waals surface area contributed by atoms with Crippen molar-refractivity contribution in [2.24, 2.45) is 0 Å². The van der Waals surface area contributed by atoms with Gasteiger partial charge in [0.05, 0.1) is 12.8 Å². The standard InChI is InChI=1S/C12H13N3O2/c1-2-10(16)8-12-14-11(15-17-12)7-9-5-3-4-6-13-9/h3-6H,2,7-8H2,1H3. The van der Waals surface area contributed by atoms with Gasteiger partial charge in [0, 0.05) is 18.3 Å². The third-order valence-electron chi connectivity index (χ3n) is 2.32. The van der Waals surface area contributed by atoms with Gasteiger partial charge in [-0.1, -0.05) is 18.1 Å². The zero-order chi connectivity index (χ0) is 12.1. The topological polar surface area (TPSA) is 68.9 Å². The van der Waals surface area contributed by atoms with Gasteiger partial charge in [-0.3, -0.25) is 9.78 Å². The zero-order valence-electron chi connectivity index (χ0n) is 9.59. The lowest BCUT2D eigenvalue weighted by molar-refractivity contribution is -0.118. The van der Waals surface area contributed by atoms with Crippen molar-refractivity contribution in [1.82, 2.24) is 15.1 Å². The van der Waals surface area contributed by atoms with E-state index in [1.165, 1.54) is 0 Å². The molecule has 0 saturated carbocycles. The Balaban J connectivity index is 2.01. The summed E-state index contributed by atoms with van der Waals surface area (Å²) >= 11 is 0. The van der Waals surface area contributed by atoms with Gasteiger partial charge < -0.3 is 4.52 Å². The van der Waals surface area contributed by atoms with Crippen molar-refractivity contribution >= 4 is 5.78 Å². The molecule has 0 aliphatic rings. The molecule has 0 unspecified atom stereocenters. The van der Waals surface area contributed by atoms with Crippen molar-refractivity contribution in [3.8, 4) is 0 Å². The molecule has 88 valence electrons. The summed E-state index contributed by atoms with van der Waals surface area (Å²) in [5, 5.41) is 3.82. The quantitative estimate of drug-likeness (QED) is 0.781. The van der Waals surface area contributed by atoms with Crippen molar-refractivity contribution in [3.05, 3.63) is 41.8 Å². The fourth-order valence-corrected chi connectivity index (χ4v) is 1.39. The molecule has 0 aliphatic carbocycles. The van der Waals surface area contributed by atoms with Crippen LogP contribution in [0.5, 0.6) is 0 Å².